The molecule has 0 aliphatic carbocycles. The van der Waals surface area contributed by atoms with E-state index in [-0.39, 0.29) is 12.4 Å². The van der Waals surface area contributed by atoms with Gasteiger partial charge in [-0.05, 0) is 28.8 Å². The lowest BCUT2D eigenvalue weighted by Crippen LogP contribution is -1.95. The maximum absolute atomic E-state index is 5.56. The van der Waals surface area contributed by atoms with Gasteiger partial charge in [-0.1, -0.05) is 36.4 Å². The predicted octanol–water partition coefficient (Wildman–Crippen LogP) is 3.24. The highest BCUT2D eigenvalue weighted by atomic mass is 35.5. The molecule has 2 nitrogen and oxygen atoms in total. The van der Waals surface area contributed by atoms with Crippen molar-refractivity contribution in [1.29, 1.82) is 0 Å². The molecule has 2 aromatic carbocycles. The predicted molar refractivity (Wildman–Crippen MR) is 73.6 cm³/mol. The lowest BCUT2D eigenvalue weighted by molar-refractivity contribution is 0.415. The van der Waals surface area contributed by atoms with Crippen molar-refractivity contribution in [2.45, 2.75) is 6.54 Å². The standard InChI is InChI=1S/C14H15NO.ClH/c1-16-14-4-2-3-13(9-14)12-7-5-11(10-15)6-8-12;/h2-9H,10,15H2,1H3;1H. The fourth-order valence-electron chi connectivity index (χ4n) is 1.64. The Kier molecular flexibility index (Phi) is 5.01. The van der Waals surface area contributed by atoms with E-state index in [1.807, 2.05) is 18.2 Å². The second-order valence-electron chi connectivity index (χ2n) is 3.63. The van der Waals surface area contributed by atoms with Gasteiger partial charge in [0.1, 0.15) is 5.75 Å². The Labute approximate surface area is 108 Å². The summed E-state index contributed by atoms with van der Waals surface area (Å²) < 4.78 is 5.20. The number of halogens is 1. The first-order chi connectivity index (χ1) is 7.83. The first kappa shape index (κ1) is 13.6. The Morgan fingerprint density at radius 2 is 1.71 bits per heavy atom. The maximum Gasteiger partial charge on any atom is 0.119 e. The molecule has 2 N–H and O–H groups in total. The summed E-state index contributed by atoms with van der Waals surface area (Å²) in [5, 5.41) is 0. The third-order valence-electron chi connectivity index (χ3n) is 2.59. The van der Waals surface area contributed by atoms with Crippen LogP contribution >= 0.6 is 12.4 Å². The molecular weight excluding hydrogens is 234 g/mol. The van der Waals surface area contributed by atoms with Gasteiger partial charge in [-0.2, -0.15) is 0 Å². The summed E-state index contributed by atoms with van der Waals surface area (Å²) in [6, 6.07) is 16.3. The molecular formula is C14H16ClNO. The molecule has 0 amide bonds. The number of nitrogens with two attached hydrogens (primary N) is 1. The molecule has 3 heteroatoms. The van der Waals surface area contributed by atoms with Crippen LogP contribution < -0.4 is 10.5 Å². The molecule has 0 spiro atoms. The highest BCUT2D eigenvalue weighted by Crippen LogP contribution is 2.23. The van der Waals surface area contributed by atoms with E-state index in [4.69, 9.17) is 10.5 Å². The molecule has 17 heavy (non-hydrogen) atoms. The first-order valence-corrected chi connectivity index (χ1v) is 5.27. The molecule has 0 aliphatic rings. The minimum Gasteiger partial charge on any atom is -0.497 e. The van der Waals surface area contributed by atoms with Crippen LogP contribution in [0, 0.1) is 0 Å². The molecule has 0 aromatic heterocycles. The van der Waals surface area contributed by atoms with Crippen molar-refractivity contribution in [2.24, 2.45) is 5.73 Å². The summed E-state index contributed by atoms with van der Waals surface area (Å²) >= 11 is 0. The third kappa shape index (κ3) is 3.22. The molecule has 0 fully saturated rings. The Bertz CT molecular complexity index is 468. The fraction of sp³-hybridized carbons (Fsp3) is 0.143. The zero-order valence-electron chi connectivity index (χ0n) is 9.72. The molecule has 0 saturated heterocycles. The van der Waals surface area contributed by atoms with Gasteiger partial charge in [0.05, 0.1) is 7.11 Å². The van der Waals surface area contributed by atoms with Crippen LogP contribution in [0.3, 0.4) is 0 Å². The van der Waals surface area contributed by atoms with E-state index < -0.39 is 0 Å². The molecule has 2 aromatic rings. The van der Waals surface area contributed by atoms with Gasteiger partial charge in [0.2, 0.25) is 0 Å². The van der Waals surface area contributed by atoms with E-state index in [0.29, 0.717) is 6.54 Å². The fourth-order valence-corrected chi connectivity index (χ4v) is 1.64. The Morgan fingerprint density at radius 1 is 1.00 bits per heavy atom. The van der Waals surface area contributed by atoms with Crippen LogP contribution in [0.1, 0.15) is 5.56 Å². The van der Waals surface area contributed by atoms with E-state index >= 15 is 0 Å². The van der Waals surface area contributed by atoms with Crippen LogP contribution in [0.4, 0.5) is 0 Å². The summed E-state index contributed by atoms with van der Waals surface area (Å²) in [5.41, 5.74) is 9.04. The van der Waals surface area contributed by atoms with E-state index in [0.717, 1.165) is 16.9 Å². The highest BCUT2D eigenvalue weighted by molar-refractivity contribution is 5.85. The SMILES string of the molecule is COc1cccc(-c2ccc(CN)cc2)c1.Cl. The summed E-state index contributed by atoms with van der Waals surface area (Å²) in [5.74, 6) is 0.875. The summed E-state index contributed by atoms with van der Waals surface area (Å²) in [6.45, 7) is 0.582. The van der Waals surface area contributed by atoms with Crippen molar-refractivity contribution in [3.8, 4) is 16.9 Å². The molecule has 0 saturated carbocycles. The van der Waals surface area contributed by atoms with Crippen molar-refractivity contribution in [1.82, 2.24) is 0 Å². The van der Waals surface area contributed by atoms with E-state index in [2.05, 4.69) is 30.3 Å². The van der Waals surface area contributed by atoms with Crippen LogP contribution in [0.2, 0.25) is 0 Å². The normalized spacial score (nSPS) is 9.53. The quantitative estimate of drug-likeness (QED) is 0.906. The van der Waals surface area contributed by atoms with Gasteiger partial charge in [-0.25, -0.2) is 0 Å². The van der Waals surface area contributed by atoms with E-state index in [1.54, 1.807) is 7.11 Å². The topological polar surface area (TPSA) is 35.2 Å². The van der Waals surface area contributed by atoms with Gasteiger partial charge >= 0.3 is 0 Å². The largest absolute Gasteiger partial charge is 0.497 e. The monoisotopic (exact) mass is 249 g/mol. The average molecular weight is 250 g/mol. The van der Waals surface area contributed by atoms with Crippen LogP contribution in [0.25, 0.3) is 11.1 Å². The number of hydrogen-bond donors (Lipinski definition) is 1. The van der Waals surface area contributed by atoms with E-state index in [9.17, 15) is 0 Å². The number of rotatable bonds is 3. The van der Waals surface area contributed by atoms with E-state index in [1.165, 1.54) is 5.56 Å². The Morgan fingerprint density at radius 3 is 2.29 bits per heavy atom. The number of benzene rings is 2. The zero-order valence-corrected chi connectivity index (χ0v) is 10.5. The Hall–Kier alpha value is -1.51. The maximum atomic E-state index is 5.56. The molecule has 0 unspecified atom stereocenters. The lowest BCUT2D eigenvalue weighted by atomic mass is 10.0. The minimum atomic E-state index is 0. The molecule has 0 heterocycles. The number of ether oxygens (including phenoxy) is 1. The molecule has 0 bridgehead atoms. The van der Waals surface area contributed by atoms with Crippen molar-refractivity contribution in [3.63, 3.8) is 0 Å². The molecule has 0 aliphatic heterocycles. The second-order valence-corrected chi connectivity index (χ2v) is 3.63. The molecule has 2 rings (SSSR count). The van der Waals surface area contributed by atoms with Crippen molar-refractivity contribution in [3.05, 3.63) is 54.1 Å². The van der Waals surface area contributed by atoms with Gasteiger partial charge in [0, 0.05) is 6.54 Å². The first-order valence-electron chi connectivity index (χ1n) is 5.27. The van der Waals surface area contributed by atoms with Crippen LogP contribution in [-0.2, 0) is 6.54 Å². The lowest BCUT2D eigenvalue weighted by Gasteiger charge is -2.05. The van der Waals surface area contributed by atoms with Crippen LogP contribution in [0.15, 0.2) is 48.5 Å². The zero-order chi connectivity index (χ0) is 11.4. The minimum absolute atomic E-state index is 0. The van der Waals surface area contributed by atoms with Gasteiger partial charge < -0.3 is 10.5 Å². The number of hydrogen-bond acceptors (Lipinski definition) is 2. The second kappa shape index (κ2) is 6.28. The van der Waals surface area contributed by atoms with Crippen LogP contribution in [0.5, 0.6) is 5.75 Å². The molecule has 0 atom stereocenters. The Balaban J connectivity index is 0.00000144. The van der Waals surface area contributed by atoms with Gasteiger partial charge in [-0.3, -0.25) is 0 Å². The summed E-state index contributed by atoms with van der Waals surface area (Å²) in [6.07, 6.45) is 0. The van der Waals surface area contributed by atoms with Crippen molar-refractivity contribution < 1.29 is 4.74 Å². The molecule has 0 radical (unpaired) electrons. The molecule has 90 valence electrons. The number of methoxy groups -OCH3 is 1. The van der Waals surface area contributed by atoms with Gasteiger partial charge in [0.25, 0.3) is 0 Å². The van der Waals surface area contributed by atoms with Crippen molar-refractivity contribution >= 4 is 12.4 Å². The average Bonchev–Trinajstić information content (AvgIpc) is 2.39. The smallest absolute Gasteiger partial charge is 0.119 e. The highest BCUT2D eigenvalue weighted by Gasteiger charge is 1.99. The van der Waals surface area contributed by atoms with Gasteiger partial charge in [-0.15, -0.1) is 12.4 Å². The third-order valence-corrected chi connectivity index (χ3v) is 2.59. The summed E-state index contributed by atoms with van der Waals surface area (Å²) in [4.78, 5) is 0. The summed E-state index contributed by atoms with van der Waals surface area (Å²) in [7, 11) is 1.68. The van der Waals surface area contributed by atoms with Crippen LogP contribution in [-0.4, -0.2) is 7.11 Å². The van der Waals surface area contributed by atoms with Crippen molar-refractivity contribution in [2.75, 3.05) is 7.11 Å². The van der Waals surface area contributed by atoms with Gasteiger partial charge in [0.15, 0.2) is 0 Å².